The topological polar surface area (TPSA) is 30.0 Å². The van der Waals surface area contributed by atoms with E-state index in [4.69, 9.17) is 0 Å². The number of nitrogens with zero attached hydrogens (tertiary/aromatic N) is 1. The molecule has 0 saturated carbocycles. The van der Waals surface area contributed by atoms with Crippen LogP contribution in [0.15, 0.2) is 42.6 Å². The monoisotopic (exact) mass is 225 g/mol. The molecule has 0 unspecified atom stereocenters. The molecule has 2 aromatic rings. The van der Waals surface area contributed by atoms with Crippen LogP contribution in [0.4, 0.5) is 0 Å². The van der Waals surface area contributed by atoms with Crippen LogP contribution in [0.25, 0.3) is 0 Å². The van der Waals surface area contributed by atoms with Gasteiger partial charge in [0, 0.05) is 12.6 Å². The van der Waals surface area contributed by atoms with Gasteiger partial charge in [-0.05, 0) is 42.7 Å². The highest BCUT2D eigenvalue weighted by Gasteiger charge is 2.09. The van der Waals surface area contributed by atoms with E-state index >= 15 is 0 Å². The van der Waals surface area contributed by atoms with Gasteiger partial charge in [-0.25, -0.2) is 0 Å². The summed E-state index contributed by atoms with van der Waals surface area (Å²) in [6.45, 7) is 3.98. The predicted octanol–water partition coefficient (Wildman–Crippen LogP) is 3.12. The molecular weight excluding hydrogens is 210 g/mol. The van der Waals surface area contributed by atoms with Gasteiger partial charge in [-0.15, -0.1) is 0 Å². The largest absolute Gasteiger partial charge is 0.292 e. The predicted molar refractivity (Wildman–Crippen MR) is 68.2 cm³/mol. The molecule has 2 rings (SSSR count). The van der Waals surface area contributed by atoms with Gasteiger partial charge in [0.2, 0.25) is 0 Å². The zero-order valence-corrected chi connectivity index (χ0v) is 10.1. The van der Waals surface area contributed by atoms with Crippen molar-refractivity contribution in [3.8, 4) is 0 Å². The molecular formula is C15H15NO. The smallest absolute Gasteiger partial charge is 0.185 e. The second-order valence-corrected chi connectivity index (χ2v) is 4.24. The van der Waals surface area contributed by atoms with Gasteiger partial charge >= 0.3 is 0 Å². The maximum atomic E-state index is 12.1. The Morgan fingerprint density at radius 3 is 2.65 bits per heavy atom. The van der Waals surface area contributed by atoms with Gasteiger partial charge in [-0.3, -0.25) is 9.78 Å². The highest BCUT2D eigenvalue weighted by atomic mass is 16.1. The molecule has 0 aliphatic carbocycles. The quantitative estimate of drug-likeness (QED) is 0.751. The van der Waals surface area contributed by atoms with Crippen molar-refractivity contribution >= 4 is 5.78 Å². The van der Waals surface area contributed by atoms with Gasteiger partial charge in [0.25, 0.3) is 0 Å². The summed E-state index contributed by atoms with van der Waals surface area (Å²) in [6, 6.07) is 11.7. The van der Waals surface area contributed by atoms with Crippen molar-refractivity contribution in [3.63, 3.8) is 0 Å². The highest BCUT2D eigenvalue weighted by Crippen LogP contribution is 2.11. The zero-order valence-electron chi connectivity index (χ0n) is 10.1. The van der Waals surface area contributed by atoms with Gasteiger partial charge in [0.15, 0.2) is 5.78 Å². The molecule has 0 aliphatic heterocycles. The SMILES string of the molecule is Cc1ccnc(C(=O)Cc2ccccc2C)c1. The van der Waals surface area contributed by atoms with Crippen LogP contribution in [0.1, 0.15) is 27.2 Å². The van der Waals surface area contributed by atoms with Crippen LogP contribution < -0.4 is 0 Å². The van der Waals surface area contributed by atoms with Crippen molar-refractivity contribution < 1.29 is 4.79 Å². The lowest BCUT2D eigenvalue weighted by Gasteiger charge is -2.04. The van der Waals surface area contributed by atoms with E-state index in [0.29, 0.717) is 12.1 Å². The molecule has 17 heavy (non-hydrogen) atoms. The minimum absolute atomic E-state index is 0.0722. The van der Waals surface area contributed by atoms with Crippen molar-refractivity contribution in [1.29, 1.82) is 0 Å². The third kappa shape index (κ3) is 2.78. The Balaban J connectivity index is 2.20. The Labute approximate surface area is 101 Å². The van der Waals surface area contributed by atoms with Crippen LogP contribution in [0.5, 0.6) is 0 Å². The zero-order chi connectivity index (χ0) is 12.3. The fraction of sp³-hybridized carbons (Fsp3) is 0.200. The molecule has 86 valence electrons. The number of rotatable bonds is 3. The molecule has 0 saturated heterocycles. The molecule has 0 fully saturated rings. The number of Topliss-reactive ketones (excluding diaryl/α,β-unsaturated/α-hetero) is 1. The minimum Gasteiger partial charge on any atom is -0.292 e. The summed E-state index contributed by atoms with van der Waals surface area (Å²) >= 11 is 0. The number of benzene rings is 1. The number of ketones is 1. The van der Waals surface area contributed by atoms with E-state index in [9.17, 15) is 4.79 Å². The molecule has 0 spiro atoms. The average molecular weight is 225 g/mol. The van der Waals surface area contributed by atoms with Crippen molar-refractivity contribution in [3.05, 3.63) is 65.0 Å². The minimum atomic E-state index is 0.0722. The van der Waals surface area contributed by atoms with E-state index in [2.05, 4.69) is 4.98 Å². The van der Waals surface area contributed by atoms with Crippen LogP contribution in [0.3, 0.4) is 0 Å². The normalized spacial score (nSPS) is 10.2. The van der Waals surface area contributed by atoms with E-state index in [1.54, 1.807) is 6.20 Å². The van der Waals surface area contributed by atoms with Gasteiger partial charge < -0.3 is 0 Å². The van der Waals surface area contributed by atoms with Crippen LogP contribution in [-0.4, -0.2) is 10.8 Å². The summed E-state index contributed by atoms with van der Waals surface area (Å²) in [5.74, 6) is 0.0722. The molecule has 0 bridgehead atoms. The van der Waals surface area contributed by atoms with Gasteiger partial charge in [-0.2, -0.15) is 0 Å². The Bertz CT molecular complexity index is 546. The number of carbonyl (C=O) groups excluding carboxylic acids is 1. The van der Waals surface area contributed by atoms with Crippen molar-refractivity contribution in [2.24, 2.45) is 0 Å². The number of hydrogen-bond acceptors (Lipinski definition) is 2. The van der Waals surface area contributed by atoms with E-state index in [0.717, 1.165) is 16.7 Å². The van der Waals surface area contributed by atoms with Crippen molar-refractivity contribution in [2.75, 3.05) is 0 Å². The van der Waals surface area contributed by atoms with Crippen LogP contribution in [0.2, 0.25) is 0 Å². The lowest BCUT2D eigenvalue weighted by Crippen LogP contribution is -2.07. The molecule has 0 aliphatic rings. The standard InChI is InChI=1S/C15H15NO/c1-11-7-8-16-14(9-11)15(17)10-13-6-4-3-5-12(13)2/h3-9H,10H2,1-2H3. The van der Waals surface area contributed by atoms with Gasteiger partial charge in [0.05, 0.1) is 0 Å². The summed E-state index contributed by atoms with van der Waals surface area (Å²) in [6.07, 6.45) is 2.10. The maximum Gasteiger partial charge on any atom is 0.185 e. The number of aromatic nitrogens is 1. The summed E-state index contributed by atoms with van der Waals surface area (Å²) in [7, 11) is 0. The number of aryl methyl sites for hydroxylation is 2. The van der Waals surface area contributed by atoms with E-state index in [1.807, 2.05) is 50.2 Å². The fourth-order valence-corrected chi connectivity index (χ4v) is 1.76. The first-order chi connectivity index (χ1) is 8.16. The maximum absolute atomic E-state index is 12.1. The summed E-state index contributed by atoms with van der Waals surface area (Å²) < 4.78 is 0. The Morgan fingerprint density at radius 2 is 1.94 bits per heavy atom. The molecule has 2 nitrogen and oxygen atoms in total. The van der Waals surface area contributed by atoms with E-state index in [-0.39, 0.29) is 5.78 Å². The van der Waals surface area contributed by atoms with Crippen molar-refractivity contribution in [2.45, 2.75) is 20.3 Å². The van der Waals surface area contributed by atoms with Gasteiger partial charge in [0.1, 0.15) is 5.69 Å². The summed E-state index contributed by atoms with van der Waals surface area (Å²) in [5.41, 5.74) is 3.83. The van der Waals surface area contributed by atoms with Gasteiger partial charge in [-0.1, -0.05) is 24.3 Å². The first-order valence-electron chi connectivity index (χ1n) is 5.67. The molecule has 0 atom stereocenters. The molecule has 0 N–H and O–H groups in total. The van der Waals surface area contributed by atoms with E-state index in [1.165, 1.54) is 0 Å². The Morgan fingerprint density at radius 1 is 1.18 bits per heavy atom. The summed E-state index contributed by atoms with van der Waals surface area (Å²) in [5, 5.41) is 0. The second-order valence-electron chi connectivity index (χ2n) is 4.24. The molecule has 1 aromatic carbocycles. The number of hydrogen-bond donors (Lipinski definition) is 0. The Hall–Kier alpha value is -1.96. The number of carbonyl (C=O) groups is 1. The van der Waals surface area contributed by atoms with Crippen LogP contribution >= 0.6 is 0 Å². The first-order valence-corrected chi connectivity index (χ1v) is 5.67. The average Bonchev–Trinajstić information content (AvgIpc) is 2.32. The molecule has 1 heterocycles. The lowest BCUT2D eigenvalue weighted by molar-refractivity contribution is 0.0988. The second kappa shape index (κ2) is 4.91. The molecule has 2 heteroatoms. The van der Waals surface area contributed by atoms with E-state index < -0.39 is 0 Å². The highest BCUT2D eigenvalue weighted by molar-refractivity contribution is 5.96. The lowest BCUT2D eigenvalue weighted by atomic mass is 10.0. The third-order valence-corrected chi connectivity index (χ3v) is 2.81. The summed E-state index contributed by atoms with van der Waals surface area (Å²) in [4.78, 5) is 16.2. The van der Waals surface area contributed by atoms with Crippen LogP contribution in [-0.2, 0) is 6.42 Å². The first kappa shape index (κ1) is 11.5. The fourth-order valence-electron chi connectivity index (χ4n) is 1.76. The molecule has 0 radical (unpaired) electrons. The van der Waals surface area contributed by atoms with Crippen molar-refractivity contribution in [1.82, 2.24) is 4.98 Å². The molecule has 0 amide bonds. The van der Waals surface area contributed by atoms with Crippen LogP contribution in [0, 0.1) is 13.8 Å². The third-order valence-electron chi connectivity index (χ3n) is 2.81. The Kier molecular flexibility index (Phi) is 3.33. The molecule has 1 aromatic heterocycles. The number of pyridine rings is 1.